The Labute approximate surface area is 103 Å². The normalized spacial score (nSPS) is 13.5. The first-order chi connectivity index (χ1) is 7.84. The smallest absolute Gasteiger partial charge is 0.381 e. The molecule has 6 heteroatoms. The van der Waals surface area contributed by atoms with Crippen molar-refractivity contribution >= 4 is 17.3 Å². The van der Waals surface area contributed by atoms with E-state index in [9.17, 15) is 13.2 Å². The first kappa shape index (κ1) is 14.1. The molecule has 0 spiro atoms. The molecule has 0 aliphatic carbocycles. The fraction of sp³-hybridized carbons (Fsp3) is 0.455. The molecule has 1 rings (SSSR count). The Morgan fingerprint density at radius 2 is 2.06 bits per heavy atom. The van der Waals surface area contributed by atoms with Crippen LogP contribution in [0.25, 0.3) is 0 Å². The number of alkyl halides is 3. The summed E-state index contributed by atoms with van der Waals surface area (Å²) in [4.78, 5) is 0. The van der Waals surface area contributed by atoms with Gasteiger partial charge >= 0.3 is 6.18 Å². The molecule has 0 amide bonds. The van der Waals surface area contributed by atoms with Crippen molar-refractivity contribution in [3.05, 3.63) is 28.8 Å². The summed E-state index contributed by atoms with van der Waals surface area (Å²) >= 11 is 5.76. The largest absolute Gasteiger partial charge is 0.416 e. The van der Waals surface area contributed by atoms with Crippen LogP contribution in [-0.4, -0.2) is 19.8 Å². The van der Waals surface area contributed by atoms with E-state index in [4.69, 9.17) is 16.3 Å². The zero-order chi connectivity index (χ0) is 13.1. The molecule has 1 aromatic rings. The number of hydrogen-bond donors (Lipinski definition) is 1. The molecule has 0 aliphatic heterocycles. The van der Waals surface area contributed by atoms with Gasteiger partial charge in [0.05, 0.1) is 22.4 Å². The van der Waals surface area contributed by atoms with Gasteiger partial charge in [0.25, 0.3) is 0 Å². The molecule has 0 radical (unpaired) electrons. The van der Waals surface area contributed by atoms with Crippen LogP contribution in [0.4, 0.5) is 18.9 Å². The molecule has 1 aromatic carbocycles. The number of methoxy groups -OCH3 is 1. The molecule has 17 heavy (non-hydrogen) atoms. The van der Waals surface area contributed by atoms with Gasteiger partial charge in [-0.15, -0.1) is 0 Å². The van der Waals surface area contributed by atoms with Crippen LogP contribution in [0, 0.1) is 0 Å². The van der Waals surface area contributed by atoms with Gasteiger partial charge in [0, 0.05) is 13.7 Å². The van der Waals surface area contributed by atoms with Crippen molar-refractivity contribution in [2.24, 2.45) is 0 Å². The van der Waals surface area contributed by atoms with Gasteiger partial charge in [-0.3, -0.25) is 0 Å². The number of anilines is 1. The second kappa shape index (κ2) is 5.60. The summed E-state index contributed by atoms with van der Waals surface area (Å²) in [7, 11) is 1.56. The van der Waals surface area contributed by atoms with E-state index in [1.165, 1.54) is 6.07 Å². The third-order valence-electron chi connectivity index (χ3n) is 2.28. The monoisotopic (exact) mass is 267 g/mol. The third kappa shape index (κ3) is 4.09. The van der Waals surface area contributed by atoms with Gasteiger partial charge in [0.1, 0.15) is 0 Å². The predicted molar refractivity (Wildman–Crippen MR) is 61.4 cm³/mol. The summed E-state index contributed by atoms with van der Waals surface area (Å²) in [6.45, 7) is 2.31. The van der Waals surface area contributed by atoms with Gasteiger partial charge < -0.3 is 10.1 Å². The molecule has 0 bridgehead atoms. The van der Waals surface area contributed by atoms with E-state index in [1.807, 2.05) is 6.92 Å². The van der Waals surface area contributed by atoms with E-state index in [-0.39, 0.29) is 11.1 Å². The van der Waals surface area contributed by atoms with Crippen LogP contribution >= 0.6 is 11.6 Å². The van der Waals surface area contributed by atoms with Crippen molar-refractivity contribution in [2.75, 3.05) is 19.0 Å². The van der Waals surface area contributed by atoms with Crippen molar-refractivity contribution < 1.29 is 17.9 Å². The maximum atomic E-state index is 12.4. The van der Waals surface area contributed by atoms with Gasteiger partial charge in [0.2, 0.25) is 0 Å². The minimum Gasteiger partial charge on any atom is -0.381 e. The van der Waals surface area contributed by atoms with Crippen LogP contribution in [0.2, 0.25) is 5.02 Å². The highest BCUT2D eigenvalue weighted by Crippen LogP contribution is 2.33. The molecule has 96 valence electrons. The van der Waals surface area contributed by atoms with E-state index in [2.05, 4.69) is 5.32 Å². The van der Waals surface area contributed by atoms with Crippen molar-refractivity contribution in [3.8, 4) is 0 Å². The van der Waals surface area contributed by atoms with E-state index < -0.39 is 11.7 Å². The Balaban J connectivity index is 2.77. The standard InChI is InChI=1S/C11H13ClF3NO/c1-7(17-2)6-16-10-4-3-8(5-9(10)12)11(13,14)15/h3-5,7,16H,6H2,1-2H3. The maximum absolute atomic E-state index is 12.4. The number of halogens is 4. The summed E-state index contributed by atoms with van der Waals surface area (Å²) in [6.07, 6.45) is -4.42. The zero-order valence-corrected chi connectivity index (χ0v) is 10.2. The first-order valence-electron chi connectivity index (χ1n) is 4.98. The van der Waals surface area contributed by atoms with Crippen molar-refractivity contribution in [2.45, 2.75) is 19.2 Å². The van der Waals surface area contributed by atoms with E-state index in [0.717, 1.165) is 12.1 Å². The summed E-state index contributed by atoms with van der Waals surface area (Å²) in [5, 5.41) is 2.96. The van der Waals surface area contributed by atoms with Gasteiger partial charge in [-0.25, -0.2) is 0 Å². The fourth-order valence-corrected chi connectivity index (χ4v) is 1.42. The van der Waals surface area contributed by atoms with E-state index >= 15 is 0 Å². The molecule has 1 atom stereocenters. The molecule has 0 saturated carbocycles. The van der Waals surface area contributed by atoms with Crippen LogP contribution < -0.4 is 5.32 Å². The molecule has 0 saturated heterocycles. The van der Waals surface area contributed by atoms with Crippen LogP contribution in [0.5, 0.6) is 0 Å². The summed E-state index contributed by atoms with van der Waals surface area (Å²) in [6, 6.07) is 3.21. The summed E-state index contributed by atoms with van der Waals surface area (Å²) in [5.74, 6) is 0. The number of ether oxygens (including phenoxy) is 1. The lowest BCUT2D eigenvalue weighted by molar-refractivity contribution is -0.137. The average molecular weight is 268 g/mol. The average Bonchev–Trinajstić information content (AvgIpc) is 2.25. The Morgan fingerprint density at radius 3 is 2.53 bits per heavy atom. The molecule has 0 heterocycles. The lowest BCUT2D eigenvalue weighted by atomic mass is 10.2. The number of hydrogen-bond acceptors (Lipinski definition) is 2. The minimum atomic E-state index is -4.37. The lowest BCUT2D eigenvalue weighted by Crippen LogP contribution is -2.18. The van der Waals surface area contributed by atoms with Gasteiger partial charge in [0.15, 0.2) is 0 Å². The fourth-order valence-electron chi connectivity index (χ4n) is 1.17. The lowest BCUT2D eigenvalue weighted by Gasteiger charge is -2.14. The Bertz CT molecular complexity index is 381. The highest BCUT2D eigenvalue weighted by molar-refractivity contribution is 6.33. The number of rotatable bonds is 4. The van der Waals surface area contributed by atoms with Crippen LogP contribution in [0.15, 0.2) is 18.2 Å². The molecule has 1 N–H and O–H groups in total. The predicted octanol–water partition coefficient (Wildman–Crippen LogP) is 3.81. The maximum Gasteiger partial charge on any atom is 0.416 e. The SMILES string of the molecule is COC(C)CNc1ccc(C(F)(F)F)cc1Cl. The number of benzene rings is 1. The van der Waals surface area contributed by atoms with Crippen LogP contribution in [0.3, 0.4) is 0 Å². The Morgan fingerprint density at radius 1 is 1.41 bits per heavy atom. The van der Waals surface area contributed by atoms with Gasteiger partial charge in [-0.2, -0.15) is 13.2 Å². The second-order valence-corrected chi connectivity index (χ2v) is 4.03. The Hall–Kier alpha value is -0.940. The quantitative estimate of drug-likeness (QED) is 0.896. The third-order valence-corrected chi connectivity index (χ3v) is 2.59. The molecule has 2 nitrogen and oxygen atoms in total. The zero-order valence-electron chi connectivity index (χ0n) is 9.44. The van der Waals surface area contributed by atoms with E-state index in [0.29, 0.717) is 12.2 Å². The van der Waals surface area contributed by atoms with Gasteiger partial charge in [-0.1, -0.05) is 11.6 Å². The molecule has 0 fully saturated rings. The first-order valence-corrected chi connectivity index (χ1v) is 5.36. The van der Waals surface area contributed by atoms with Crippen molar-refractivity contribution in [1.29, 1.82) is 0 Å². The van der Waals surface area contributed by atoms with Crippen LogP contribution in [0.1, 0.15) is 12.5 Å². The highest BCUT2D eigenvalue weighted by Gasteiger charge is 2.30. The van der Waals surface area contributed by atoms with Crippen molar-refractivity contribution in [3.63, 3.8) is 0 Å². The van der Waals surface area contributed by atoms with Gasteiger partial charge in [-0.05, 0) is 25.1 Å². The molecule has 1 unspecified atom stereocenters. The molecular formula is C11H13ClF3NO. The number of nitrogens with one attached hydrogen (secondary N) is 1. The topological polar surface area (TPSA) is 21.3 Å². The minimum absolute atomic E-state index is 0.0446. The highest BCUT2D eigenvalue weighted by atomic mass is 35.5. The molecule has 0 aromatic heterocycles. The van der Waals surface area contributed by atoms with E-state index in [1.54, 1.807) is 7.11 Å². The summed E-state index contributed by atoms with van der Waals surface area (Å²) < 4.78 is 42.1. The summed E-state index contributed by atoms with van der Waals surface area (Å²) in [5.41, 5.74) is -0.295. The van der Waals surface area contributed by atoms with Crippen molar-refractivity contribution in [1.82, 2.24) is 0 Å². The Kier molecular flexibility index (Phi) is 4.65. The van der Waals surface area contributed by atoms with Crippen LogP contribution in [-0.2, 0) is 10.9 Å². The molecular weight excluding hydrogens is 255 g/mol. The second-order valence-electron chi connectivity index (χ2n) is 3.62. The molecule has 0 aliphatic rings.